The predicted molar refractivity (Wildman–Crippen MR) is 77.6 cm³/mol. The van der Waals surface area contributed by atoms with Gasteiger partial charge in [0, 0.05) is 10.9 Å². The summed E-state index contributed by atoms with van der Waals surface area (Å²) in [6.45, 7) is 2.03. The van der Waals surface area contributed by atoms with E-state index < -0.39 is 0 Å². The molecule has 0 unspecified atom stereocenters. The molecular formula is C13H8Cl2N2S. The molecule has 5 heteroatoms. The number of hydrogen-bond acceptors (Lipinski definition) is 3. The average Bonchev–Trinajstić information content (AvgIpc) is 2.75. The third-order valence-electron chi connectivity index (χ3n) is 2.72. The van der Waals surface area contributed by atoms with E-state index >= 15 is 0 Å². The van der Waals surface area contributed by atoms with E-state index in [9.17, 15) is 0 Å². The van der Waals surface area contributed by atoms with Crippen molar-refractivity contribution in [2.45, 2.75) is 6.92 Å². The van der Waals surface area contributed by atoms with E-state index in [1.807, 2.05) is 24.4 Å². The van der Waals surface area contributed by atoms with E-state index in [-0.39, 0.29) is 0 Å². The van der Waals surface area contributed by atoms with Crippen LogP contribution in [0.3, 0.4) is 0 Å². The minimum atomic E-state index is 0.395. The molecule has 0 amide bonds. The van der Waals surface area contributed by atoms with E-state index in [1.54, 1.807) is 17.4 Å². The molecule has 2 heterocycles. The van der Waals surface area contributed by atoms with E-state index in [0.29, 0.717) is 21.4 Å². The van der Waals surface area contributed by atoms with Crippen LogP contribution in [-0.2, 0) is 0 Å². The van der Waals surface area contributed by atoms with Crippen LogP contribution < -0.4 is 0 Å². The van der Waals surface area contributed by atoms with Gasteiger partial charge >= 0.3 is 0 Å². The molecule has 3 aromatic rings. The fourth-order valence-electron chi connectivity index (χ4n) is 1.81. The van der Waals surface area contributed by atoms with Crippen LogP contribution in [0, 0.1) is 6.92 Å². The van der Waals surface area contributed by atoms with E-state index in [4.69, 9.17) is 23.2 Å². The Morgan fingerprint density at radius 1 is 1.11 bits per heavy atom. The lowest BCUT2D eigenvalue weighted by Crippen LogP contribution is -1.92. The number of aryl methyl sites for hydroxylation is 1. The SMILES string of the molecule is Cc1cscc1-c1nc(Cl)c2c(Cl)cccc2n1. The second-order valence-electron chi connectivity index (χ2n) is 3.94. The van der Waals surface area contributed by atoms with Gasteiger partial charge in [0.25, 0.3) is 0 Å². The van der Waals surface area contributed by atoms with E-state index in [1.165, 1.54) is 0 Å². The molecule has 0 spiro atoms. The molecule has 2 aromatic heterocycles. The van der Waals surface area contributed by atoms with Crippen molar-refractivity contribution in [2.75, 3.05) is 0 Å². The highest BCUT2D eigenvalue weighted by atomic mass is 35.5. The van der Waals surface area contributed by atoms with Gasteiger partial charge in [-0.05, 0) is 30.0 Å². The number of fused-ring (bicyclic) bond motifs is 1. The molecule has 0 bridgehead atoms. The highest BCUT2D eigenvalue weighted by Crippen LogP contribution is 2.31. The van der Waals surface area contributed by atoms with Gasteiger partial charge in [0.1, 0.15) is 5.15 Å². The molecule has 1 aromatic carbocycles. The van der Waals surface area contributed by atoms with Crippen LogP contribution in [0.5, 0.6) is 0 Å². The van der Waals surface area contributed by atoms with Gasteiger partial charge in [-0.2, -0.15) is 11.3 Å². The Kier molecular flexibility index (Phi) is 2.98. The van der Waals surface area contributed by atoms with Crippen LogP contribution in [0.4, 0.5) is 0 Å². The van der Waals surface area contributed by atoms with Crippen LogP contribution in [0.2, 0.25) is 10.2 Å². The maximum atomic E-state index is 6.20. The molecule has 0 fully saturated rings. The summed E-state index contributed by atoms with van der Waals surface area (Å²) < 4.78 is 0. The first-order valence-electron chi connectivity index (χ1n) is 5.32. The quantitative estimate of drug-likeness (QED) is 0.592. The first-order valence-corrected chi connectivity index (χ1v) is 7.01. The van der Waals surface area contributed by atoms with Crippen molar-refractivity contribution in [1.29, 1.82) is 0 Å². The molecule has 90 valence electrons. The topological polar surface area (TPSA) is 25.8 Å². The molecule has 0 saturated carbocycles. The summed E-state index contributed by atoms with van der Waals surface area (Å²) >= 11 is 13.9. The zero-order valence-electron chi connectivity index (χ0n) is 9.45. The third kappa shape index (κ3) is 1.88. The highest BCUT2D eigenvalue weighted by molar-refractivity contribution is 7.08. The first-order chi connectivity index (χ1) is 8.66. The lowest BCUT2D eigenvalue weighted by atomic mass is 10.2. The minimum Gasteiger partial charge on any atom is -0.228 e. The molecule has 3 rings (SSSR count). The Balaban J connectivity index is 2.32. The summed E-state index contributed by atoms with van der Waals surface area (Å²) in [6.07, 6.45) is 0. The van der Waals surface area contributed by atoms with Gasteiger partial charge in [-0.15, -0.1) is 0 Å². The summed E-state index contributed by atoms with van der Waals surface area (Å²) in [7, 11) is 0. The summed E-state index contributed by atoms with van der Waals surface area (Å²) in [6, 6.07) is 5.53. The Hall–Kier alpha value is -1.16. The summed E-state index contributed by atoms with van der Waals surface area (Å²) in [5.74, 6) is 0.647. The molecule has 0 saturated heterocycles. The van der Waals surface area contributed by atoms with E-state index in [0.717, 1.165) is 16.6 Å². The predicted octanol–water partition coefficient (Wildman–Crippen LogP) is 4.97. The molecule has 2 nitrogen and oxygen atoms in total. The van der Waals surface area contributed by atoms with Gasteiger partial charge in [-0.3, -0.25) is 0 Å². The fourth-order valence-corrected chi connectivity index (χ4v) is 3.22. The van der Waals surface area contributed by atoms with Crippen LogP contribution in [0.15, 0.2) is 29.0 Å². The lowest BCUT2D eigenvalue weighted by molar-refractivity contribution is 1.22. The monoisotopic (exact) mass is 294 g/mol. The first kappa shape index (κ1) is 11.9. The van der Waals surface area contributed by atoms with Crippen molar-refractivity contribution < 1.29 is 0 Å². The number of benzene rings is 1. The second kappa shape index (κ2) is 4.50. The third-order valence-corrected chi connectivity index (χ3v) is 4.17. The van der Waals surface area contributed by atoms with Crippen LogP contribution in [0.1, 0.15) is 5.56 Å². The zero-order chi connectivity index (χ0) is 12.7. The zero-order valence-corrected chi connectivity index (χ0v) is 11.8. The van der Waals surface area contributed by atoms with Crippen LogP contribution in [0.25, 0.3) is 22.3 Å². The van der Waals surface area contributed by atoms with Gasteiger partial charge in [0.2, 0.25) is 0 Å². The van der Waals surface area contributed by atoms with Gasteiger partial charge in [0.15, 0.2) is 5.82 Å². The Morgan fingerprint density at radius 2 is 1.94 bits per heavy atom. The smallest absolute Gasteiger partial charge is 0.162 e. The Bertz CT molecular complexity index is 737. The van der Waals surface area contributed by atoms with Gasteiger partial charge in [-0.1, -0.05) is 29.3 Å². The molecule has 0 radical (unpaired) electrons. The molecule has 0 aliphatic carbocycles. The number of nitrogens with zero attached hydrogens (tertiary/aromatic N) is 2. The summed E-state index contributed by atoms with van der Waals surface area (Å²) in [4.78, 5) is 8.87. The number of rotatable bonds is 1. The van der Waals surface area contributed by atoms with Gasteiger partial charge in [0.05, 0.1) is 15.9 Å². The molecule has 0 aliphatic rings. The van der Waals surface area contributed by atoms with Crippen molar-refractivity contribution in [3.63, 3.8) is 0 Å². The van der Waals surface area contributed by atoms with Crippen molar-refractivity contribution >= 4 is 45.4 Å². The summed E-state index contributed by atoms with van der Waals surface area (Å²) in [5.41, 5.74) is 2.93. The second-order valence-corrected chi connectivity index (χ2v) is 5.45. The maximum Gasteiger partial charge on any atom is 0.162 e. The van der Waals surface area contributed by atoms with Crippen molar-refractivity contribution in [3.05, 3.63) is 44.7 Å². The Morgan fingerprint density at radius 3 is 2.67 bits per heavy atom. The largest absolute Gasteiger partial charge is 0.228 e. The average molecular weight is 295 g/mol. The molecule has 18 heavy (non-hydrogen) atoms. The number of hydrogen-bond donors (Lipinski definition) is 0. The number of halogens is 2. The molecule has 0 atom stereocenters. The molecule has 0 N–H and O–H groups in total. The standard InChI is InChI=1S/C13H8Cl2N2S/c1-7-5-18-6-8(7)13-16-10-4-2-3-9(14)11(10)12(15)17-13/h2-6H,1H3. The maximum absolute atomic E-state index is 6.20. The van der Waals surface area contributed by atoms with Crippen molar-refractivity contribution in [1.82, 2.24) is 9.97 Å². The summed E-state index contributed by atoms with van der Waals surface area (Å²) in [5, 5.41) is 5.77. The molecule has 0 aliphatic heterocycles. The lowest BCUT2D eigenvalue weighted by Gasteiger charge is -2.05. The highest BCUT2D eigenvalue weighted by Gasteiger charge is 2.12. The minimum absolute atomic E-state index is 0.395. The van der Waals surface area contributed by atoms with Crippen LogP contribution >= 0.6 is 34.5 Å². The number of aromatic nitrogens is 2. The van der Waals surface area contributed by atoms with Gasteiger partial charge in [-0.25, -0.2) is 9.97 Å². The van der Waals surface area contributed by atoms with Crippen LogP contribution in [-0.4, -0.2) is 9.97 Å². The fraction of sp³-hybridized carbons (Fsp3) is 0.0769. The number of thiophene rings is 1. The van der Waals surface area contributed by atoms with E-state index in [2.05, 4.69) is 15.3 Å². The molecular weight excluding hydrogens is 287 g/mol. The van der Waals surface area contributed by atoms with Crippen molar-refractivity contribution in [3.8, 4) is 11.4 Å². The normalized spacial score (nSPS) is 11.1. The van der Waals surface area contributed by atoms with Crippen molar-refractivity contribution in [2.24, 2.45) is 0 Å². The Labute approximate surface area is 118 Å². The van der Waals surface area contributed by atoms with Gasteiger partial charge < -0.3 is 0 Å².